The molecule has 6 aromatic rings. The number of terminal acetylenes is 1. The highest BCUT2D eigenvalue weighted by molar-refractivity contribution is 5.94. The number of hydrogen-bond donors (Lipinski definition) is 0. The molecule has 0 bridgehead atoms. The fourth-order valence-electron chi connectivity index (χ4n) is 10.7. The Morgan fingerprint density at radius 2 is 0.909 bits per heavy atom. The molecule has 3 heteroatoms. The molecule has 0 heterocycles. The van der Waals surface area contributed by atoms with Gasteiger partial charge in [-0.15, -0.1) is 6.42 Å². The number of fused-ring (bicyclic) bond motifs is 3. The third-order valence-electron chi connectivity index (χ3n) is 14.2. The lowest BCUT2D eigenvalue weighted by Gasteiger charge is -2.36. The number of nitrogens with zero attached hydrogens (tertiary/aromatic N) is 2. The fraction of sp³-hybridized carbons (Fsp3) is 0.381. The zero-order chi connectivity index (χ0) is 47.4. The molecular formula is C63H74N2O. The average Bonchev–Trinajstić information content (AvgIpc) is 3.55. The lowest BCUT2D eigenvalue weighted by atomic mass is 9.70. The van der Waals surface area contributed by atoms with Crippen LogP contribution >= 0.6 is 0 Å². The quantitative estimate of drug-likeness (QED) is 0.0518. The van der Waals surface area contributed by atoms with Crippen LogP contribution in [-0.2, 0) is 21.0 Å². The maximum Gasteiger partial charge on any atom is 0.205 e. The summed E-state index contributed by atoms with van der Waals surface area (Å²) in [5, 5.41) is 0. The molecule has 1 aliphatic carbocycles. The maximum absolute atomic E-state index is 12.3. The van der Waals surface area contributed by atoms with Gasteiger partial charge in [0.2, 0.25) is 5.78 Å². The van der Waals surface area contributed by atoms with Crippen molar-refractivity contribution >= 4 is 39.9 Å². The van der Waals surface area contributed by atoms with Gasteiger partial charge in [-0.3, -0.25) is 4.79 Å². The smallest absolute Gasteiger partial charge is 0.205 e. The molecule has 0 fully saturated rings. The lowest BCUT2D eigenvalue weighted by Crippen LogP contribution is -2.26. The van der Waals surface area contributed by atoms with Crippen LogP contribution in [-0.4, -0.2) is 5.78 Å². The maximum atomic E-state index is 12.3. The van der Waals surface area contributed by atoms with Crippen molar-refractivity contribution in [1.82, 2.24) is 0 Å². The van der Waals surface area contributed by atoms with Crippen molar-refractivity contribution in [3.63, 3.8) is 0 Å². The van der Waals surface area contributed by atoms with E-state index < -0.39 is 0 Å². The van der Waals surface area contributed by atoms with Gasteiger partial charge in [0.05, 0.1) is 11.4 Å². The summed E-state index contributed by atoms with van der Waals surface area (Å²) in [6, 6.07) is 46.1. The molecule has 0 amide bonds. The Labute approximate surface area is 398 Å². The van der Waals surface area contributed by atoms with Gasteiger partial charge >= 0.3 is 0 Å². The van der Waals surface area contributed by atoms with E-state index in [0.717, 1.165) is 49.9 Å². The number of benzene rings is 6. The van der Waals surface area contributed by atoms with E-state index in [4.69, 9.17) is 6.42 Å². The largest absolute Gasteiger partial charge is 0.310 e. The molecule has 342 valence electrons. The average molecular weight is 875 g/mol. The second kappa shape index (κ2) is 19.9. The van der Waals surface area contributed by atoms with Crippen molar-refractivity contribution in [2.45, 2.75) is 157 Å². The topological polar surface area (TPSA) is 23.6 Å². The first-order chi connectivity index (χ1) is 31.5. The van der Waals surface area contributed by atoms with Crippen LogP contribution in [0.15, 0.2) is 121 Å². The SMILES string of the molecule is C#CC(=O)CCCCCC1(CCCCCC)c2cc(N(c3ccccc3)c3c(C)cc(C(C)(C)C)cc3C)ccc2-c2ccc(N(c3ccccc3)c3c(C)cc(C(C)(C)C)cc3C)cc21. The molecule has 0 aliphatic heterocycles. The van der Waals surface area contributed by atoms with Crippen molar-refractivity contribution in [1.29, 1.82) is 0 Å². The highest BCUT2D eigenvalue weighted by atomic mass is 16.1. The highest BCUT2D eigenvalue weighted by Crippen LogP contribution is 2.57. The molecule has 0 radical (unpaired) electrons. The summed E-state index contributed by atoms with van der Waals surface area (Å²) in [4.78, 5) is 17.3. The predicted octanol–water partition coefficient (Wildman–Crippen LogP) is 17.8. The molecule has 66 heavy (non-hydrogen) atoms. The summed E-state index contributed by atoms with van der Waals surface area (Å²) in [5.41, 5.74) is 20.2. The van der Waals surface area contributed by atoms with Crippen LogP contribution in [0, 0.1) is 40.0 Å². The van der Waals surface area contributed by atoms with Gasteiger partial charge in [0.25, 0.3) is 0 Å². The second-order valence-electron chi connectivity index (χ2n) is 21.2. The predicted molar refractivity (Wildman–Crippen MR) is 284 cm³/mol. The Kier molecular flexibility index (Phi) is 14.5. The van der Waals surface area contributed by atoms with Gasteiger partial charge in [0, 0.05) is 34.6 Å². The number of Topliss-reactive ketones (excluding diaryl/α,β-unsaturated/α-hetero) is 1. The lowest BCUT2D eigenvalue weighted by molar-refractivity contribution is -0.113. The van der Waals surface area contributed by atoms with Gasteiger partial charge in [-0.2, -0.15) is 0 Å². The molecule has 0 spiro atoms. The van der Waals surface area contributed by atoms with Crippen molar-refractivity contribution in [2.24, 2.45) is 0 Å². The molecule has 6 aromatic carbocycles. The summed E-state index contributed by atoms with van der Waals surface area (Å²) in [6.07, 6.45) is 15.5. The molecule has 1 aliphatic rings. The second-order valence-corrected chi connectivity index (χ2v) is 21.2. The summed E-state index contributed by atoms with van der Waals surface area (Å²) in [5.74, 6) is 2.25. The van der Waals surface area contributed by atoms with Crippen LogP contribution in [0.3, 0.4) is 0 Å². The Balaban J connectivity index is 1.46. The number of rotatable bonds is 17. The molecule has 0 aromatic heterocycles. The number of para-hydroxylation sites is 2. The van der Waals surface area contributed by atoms with E-state index in [-0.39, 0.29) is 22.0 Å². The minimum atomic E-state index is -0.244. The van der Waals surface area contributed by atoms with Crippen LogP contribution in [0.4, 0.5) is 34.1 Å². The van der Waals surface area contributed by atoms with Gasteiger partial charge in [-0.25, -0.2) is 0 Å². The fourth-order valence-corrected chi connectivity index (χ4v) is 10.7. The van der Waals surface area contributed by atoms with Crippen LogP contribution in [0.2, 0.25) is 0 Å². The molecule has 0 saturated carbocycles. The van der Waals surface area contributed by atoms with E-state index in [2.05, 4.69) is 213 Å². The molecule has 0 atom stereocenters. The number of unbranched alkanes of at least 4 members (excludes halogenated alkanes) is 5. The normalized spacial score (nSPS) is 12.9. The number of hydrogen-bond acceptors (Lipinski definition) is 3. The molecule has 3 nitrogen and oxygen atoms in total. The minimum Gasteiger partial charge on any atom is -0.310 e. The number of carbonyl (C=O) groups excluding carboxylic acids is 1. The molecule has 7 rings (SSSR count). The first kappa shape index (κ1) is 48.1. The summed E-state index contributed by atoms with van der Waals surface area (Å²) >= 11 is 0. The standard InChI is InChI=1S/C63H74N2O/c1-13-15-16-25-36-63(37-26-19-24-31-54(66)14-2)57-42-52(64(50-27-20-17-21-28-50)59-44(3)38-48(39-45(59)4)61(7,8)9)32-34-55(57)56-35-33-53(43-58(56)63)65(51-29-22-18-23-30-51)60-46(5)40-49(41-47(60)6)62(10,11)12/h2,17-18,20-23,27-30,32-35,38-43H,13,15-16,19,24-26,31,36-37H2,1,3-12H3. The van der Waals surface area contributed by atoms with E-state index in [1.165, 1.54) is 97.6 Å². The summed E-state index contributed by atoms with van der Waals surface area (Å²) in [6.45, 7) is 25.2. The van der Waals surface area contributed by atoms with Gasteiger partial charge in [0.1, 0.15) is 0 Å². The zero-order valence-corrected chi connectivity index (χ0v) is 42.0. The number of aryl methyl sites for hydroxylation is 4. The van der Waals surface area contributed by atoms with E-state index in [9.17, 15) is 4.79 Å². The van der Waals surface area contributed by atoms with E-state index in [1.807, 2.05) is 0 Å². The van der Waals surface area contributed by atoms with Crippen LogP contribution in [0.25, 0.3) is 11.1 Å². The van der Waals surface area contributed by atoms with Crippen LogP contribution < -0.4 is 9.80 Å². The Morgan fingerprint density at radius 1 is 0.515 bits per heavy atom. The summed E-state index contributed by atoms with van der Waals surface area (Å²) < 4.78 is 0. The Morgan fingerprint density at radius 3 is 1.27 bits per heavy atom. The third kappa shape index (κ3) is 9.95. The molecule has 0 unspecified atom stereocenters. The van der Waals surface area contributed by atoms with Gasteiger partial charge in [-0.05, 0) is 168 Å². The summed E-state index contributed by atoms with van der Waals surface area (Å²) in [7, 11) is 0. The Bertz CT molecular complexity index is 2490. The van der Waals surface area contributed by atoms with Gasteiger partial charge < -0.3 is 9.80 Å². The van der Waals surface area contributed by atoms with Crippen molar-refractivity contribution in [3.05, 3.63) is 166 Å². The number of anilines is 6. The first-order valence-corrected chi connectivity index (χ1v) is 24.7. The van der Waals surface area contributed by atoms with Crippen molar-refractivity contribution < 1.29 is 4.79 Å². The number of carbonyl (C=O) groups is 1. The number of ketones is 1. The molecule has 0 N–H and O–H groups in total. The zero-order valence-electron chi connectivity index (χ0n) is 42.0. The minimum absolute atomic E-state index is 0.0404. The van der Waals surface area contributed by atoms with E-state index in [1.54, 1.807) is 0 Å². The van der Waals surface area contributed by atoms with Crippen molar-refractivity contribution in [2.75, 3.05) is 9.80 Å². The van der Waals surface area contributed by atoms with Gasteiger partial charge in [0.15, 0.2) is 0 Å². The van der Waals surface area contributed by atoms with E-state index >= 15 is 0 Å². The van der Waals surface area contributed by atoms with Crippen LogP contribution in [0.1, 0.15) is 157 Å². The Hall–Kier alpha value is -5.85. The molecule has 0 saturated heterocycles. The first-order valence-electron chi connectivity index (χ1n) is 24.7. The van der Waals surface area contributed by atoms with Gasteiger partial charge in [-0.1, -0.05) is 160 Å². The van der Waals surface area contributed by atoms with Crippen molar-refractivity contribution in [3.8, 4) is 23.5 Å². The van der Waals surface area contributed by atoms with E-state index in [0.29, 0.717) is 6.42 Å². The third-order valence-corrected chi connectivity index (χ3v) is 14.2. The monoisotopic (exact) mass is 875 g/mol. The molecular weight excluding hydrogens is 801 g/mol. The highest BCUT2D eigenvalue weighted by Gasteiger charge is 2.43. The van der Waals surface area contributed by atoms with Crippen LogP contribution in [0.5, 0.6) is 0 Å².